The van der Waals surface area contributed by atoms with Gasteiger partial charge >= 0.3 is 0 Å². The average Bonchev–Trinajstić information content (AvgIpc) is 1.61. The van der Waals surface area contributed by atoms with Gasteiger partial charge in [0, 0.05) is 160 Å². The van der Waals surface area contributed by atoms with Gasteiger partial charge < -0.3 is 19.6 Å². The van der Waals surface area contributed by atoms with E-state index in [-0.39, 0.29) is 6.17 Å². The van der Waals surface area contributed by atoms with E-state index in [1.165, 1.54) is 167 Å². The van der Waals surface area contributed by atoms with Crippen LogP contribution in [-0.4, -0.2) is 40.7 Å². The van der Waals surface area contributed by atoms with Gasteiger partial charge in [-0.2, -0.15) is 4.57 Å². The Hall–Kier alpha value is -14.0. The van der Waals surface area contributed by atoms with Crippen LogP contribution in [0.15, 0.2) is 341 Å². The van der Waals surface area contributed by atoms with Crippen LogP contribution in [0.25, 0.3) is 111 Å². The lowest BCUT2D eigenvalue weighted by molar-refractivity contribution is -0.744. The molecule has 0 radical (unpaired) electrons. The summed E-state index contributed by atoms with van der Waals surface area (Å²) in [6.07, 6.45) is 25.0. The van der Waals surface area contributed by atoms with Gasteiger partial charge in [0.1, 0.15) is 66.0 Å². The fourth-order valence-electron chi connectivity index (χ4n) is 17.9. The minimum absolute atomic E-state index is 0.287. The number of benzene rings is 9. The lowest BCUT2D eigenvalue weighted by Crippen LogP contribution is -2.38. The highest BCUT2D eigenvalue weighted by atomic mass is 15.4. The number of aryl methyl sites for hydroxylation is 8. The molecule has 0 fully saturated rings. The Labute approximate surface area is 727 Å². The molecule has 0 spiro atoms. The highest BCUT2D eigenvalue weighted by molar-refractivity contribution is 5.95. The molecule has 14 heteroatoms. The van der Waals surface area contributed by atoms with Crippen molar-refractivity contribution in [2.45, 2.75) is 81.1 Å². The molecule has 8 aromatic heterocycles. The number of nitrogens with zero attached hydrogens (tertiary/aromatic N) is 14. The number of para-hydroxylation sites is 2. The molecule has 0 saturated heterocycles. The third-order valence-corrected chi connectivity index (χ3v) is 25.0. The summed E-state index contributed by atoms with van der Waals surface area (Å²) in [7, 11) is 21.1. The summed E-state index contributed by atoms with van der Waals surface area (Å²) in [4.78, 5) is 9.28. The van der Waals surface area contributed by atoms with Crippen molar-refractivity contribution in [1.82, 2.24) is 14.3 Å². The highest BCUT2D eigenvalue weighted by Crippen LogP contribution is 2.45. The number of rotatable bonds is 12. The third kappa shape index (κ3) is 17.0. The fourth-order valence-corrected chi connectivity index (χ4v) is 17.9. The molecule has 2 aliphatic heterocycles. The Morgan fingerprint density at radius 3 is 1.32 bits per heavy atom. The standard InChI is InChI=1S/C27H30N2.2C23H22N2.C20H23N4.C16H21N4/c1-19(2)18-21-10-8-14-26-24(21)15-16-27(29(26)5)23-12-9-11-22(20(23)3)25-13-6-7-17-28(25)4;1-17-19(22-13-6-7-15-24(22)2)11-8-12-20(17)23-21-10-5-4-9-18(21)14-16-25(23)3;1-17-20(22-13-6-7-14-24(22)2)11-8-12-21(17)23-15-18-9-4-5-10-19(18)16-25(23)3;1-15-17(23-14-8-13-21(23)3)11-7-12-18(15)24-16(2)22(4)19-9-5-6-10-20(19)24;1-13-15(19-12-11-17(3)14(19)2)7-5-8-16(13)20-10-6-9-18(20)4/h6-17,19H,18H2,1-5H3;2*4-16H,1-3H3;5-14,16H,1-4H3;5-12,14H,1-4H3/q3*+2;2*+1/t;;;16-;14-/m...00/s1. The highest BCUT2D eigenvalue weighted by Gasteiger charge is 2.34. The zero-order chi connectivity index (χ0) is 86.4. The third-order valence-electron chi connectivity index (χ3n) is 25.0. The first-order valence-corrected chi connectivity index (χ1v) is 42.9. The van der Waals surface area contributed by atoms with Crippen LogP contribution in [0.3, 0.4) is 0 Å². The van der Waals surface area contributed by atoms with Crippen LogP contribution >= 0.6 is 0 Å². The maximum atomic E-state index is 2.43. The predicted octanol–water partition coefficient (Wildman–Crippen LogP) is 19.3. The Bertz CT molecular complexity index is 6760. The second kappa shape index (κ2) is 36.5. The van der Waals surface area contributed by atoms with Gasteiger partial charge in [0.25, 0.3) is 0 Å². The van der Waals surface area contributed by atoms with Crippen molar-refractivity contribution < 1.29 is 36.8 Å². The van der Waals surface area contributed by atoms with E-state index in [1.54, 1.807) is 0 Å². The minimum atomic E-state index is 0.287. The maximum absolute atomic E-state index is 2.43. The summed E-state index contributed by atoms with van der Waals surface area (Å²) < 4.78 is 21.8. The van der Waals surface area contributed by atoms with Crippen molar-refractivity contribution >= 4 is 55.2 Å². The van der Waals surface area contributed by atoms with Crippen molar-refractivity contribution in [2.24, 2.45) is 62.3 Å². The molecule has 9 aromatic carbocycles. The molecule has 0 saturated carbocycles. The maximum Gasteiger partial charge on any atom is 0.220 e. The van der Waals surface area contributed by atoms with Crippen LogP contribution < -0.4 is 51.5 Å². The van der Waals surface area contributed by atoms with Gasteiger partial charge in [0.15, 0.2) is 57.5 Å². The van der Waals surface area contributed by atoms with E-state index in [0.717, 1.165) is 6.42 Å². The van der Waals surface area contributed by atoms with Crippen molar-refractivity contribution in [3.8, 4) is 78.9 Å². The van der Waals surface area contributed by atoms with E-state index in [4.69, 9.17) is 0 Å². The molecule has 0 bridgehead atoms. The van der Waals surface area contributed by atoms with Crippen LogP contribution in [0.4, 0.5) is 22.7 Å². The zero-order valence-electron chi connectivity index (χ0n) is 75.0. The second-order valence-corrected chi connectivity index (χ2v) is 33.3. The first kappa shape index (κ1) is 84.1. The molecule has 10 heterocycles. The molecule has 2 aliphatic rings. The number of hydrogen-bond acceptors (Lipinski definition) is 4. The molecule has 0 N–H and O–H groups in total. The molecule has 0 amide bonds. The van der Waals surface area contributed by atoms with Crippen LogP contribution in [0, 0.1) is 40.5 Å². The Morgan fingerprint density at radius 2 is 0.780 bits per heavy atom. The fraction of sp³-hybridized carbons (Fsp3) is 0.211. The Balaban J connectivity index is 0.000000120. The molecular weight excluding hydrogens is 1510 g/mol. The lowest BCUT2D eigenvalue weighted by atomic mass is 9.94. The number of anilines is 4. The Morgan fingerprint density at radius 1 is 0.325 bits per heavy atom. The molecule has 123 heavy (non-hydrogen) atoms. The van der Waals surface area contributed by atoms with Crippen LogP contribution in [0.1, 0.15) is 61.1 Å². The average molecular weight is 1620 g/mol. The number of aromatic nitrogens is 10. The van der Waals surface area contributed by atoms with Crippen LogP contribution in [0.5, 0.6) is 0 Å². The minimum Gasteiger partial charge on any atom is -0.359 e. The van der Waals surface area contributed by atoms with E-state index >= 15 is 0 Å². The van der Waals surface area contributed by atoms with Crippen molar-refractivity contribution in [3.63, 3.8) is 0 Å². The topological polar surface area (TPSA) is 53.9 Å². The summed E-state index contributed by atoms with van der Waals surface area (Å²) in [6, 6.07) is 97.4. The summed E-state index contributed by atoms with van der Waals surface area (Å²) in [6.45, 7) is 20.1. The quantitative estimate of drug-likeness (QED) is 0.114. The zero-order valence-corrected chi connectivity index (χ0v) is 75.0. The molecule has 616 valence electrons. The smallest absolute Gasteiger partial charge is 0.220 e. The van der Waals surface area contributed by atoms with Crippen LogP contribution in [-0.2, 0) is 62.8 Å². The summed E-state index contributed by atoms with van der Waals surface area (Å²) in [5.74, 6) is 0.649. The normalized spacial score (nSPS) is 13.3. The van der Waals surface area contributed by atoms with Crippen molar-refractivity contribution in [1.29, 1.82) is 0 Å². The van der Waals surface area contributed by atoms with E-state index < -0.39 is 0 Å². The van der Waals surface area contributed by atoms with E-state index in [9.17, 15) is 0 Å². The summed E-state index contributed by atoms with van der Waals surface area (Å²) in [5.41, 5.74) is 31.7. The summed E-state index contributed by atoms with van der Waals surface area (Å²) >= 11 is 0. The number of pyridine rings is 6. The molecule has 14 nitrogen and oxygen atoms in total. The van der Waals surface area contributed by atoms with Gasteiger partial charge in [-0.25, -0.2) is 22.8 Å². The second-order valence-electron chi connectivity index (χ2n) is 33.3. The van der Waals surface area contributed by atoms with Gasteiger partial charge in [-0.05, 0) is 203 Å². The first-order chi connectivity index (χ1) is 59.5. The molecule has 17 aromatic rings. The van der Waals surface area contributed by atoms with Gasteiger partial charge in [-0.15, -0.1) is 18.7 Å². The van der Waals surface area contributed by atoms with E-state index in [1.807, 2.05) is 0 Å². The number of hydrogen-bond donors (Lipinski definition) is 0. The van der Waals surface area contributed by atoms with Gasteiger partial charge in [-0.3, -0.25) is 0 Å². The molecule has 2 atom stereocenters. The van der Waals surface area contributed by atoms with Crippen molar-refractivity contribution in [2.75, 3.05) is 28.8 Å². The number of fused-ring (bicyclic) bond motifs is 4. The molecule has 0 aliphatic carbocycles. The molecular formula is C109H118N14+8. The predicted molar refractivity (Wildman–Crippen MR) is 503 cm³/mol. The molecule has 19 rings (SSSR count). The Kier molecular flexibility index (Phi) is 25.0. The lowest BCUT2D eigenvalue weighted by Gasteiger charge is -2.29. The monoisotopic (exact) mass is 1620 g/mol. The van der Waals surface area contributed by atoms with Gasteiger partial charge in [0.05, 0.1) is 34.7 Å². The van der Waals surface area contributed by atoms with Gasteiger partial charge in [0.2, 0.25) is 39.7 Å². The van der Waals surface area contributed by atoms with E-state index in [2.05, 4.69) is 540 Å². The van der Waals surface area contributed by atoms with Crippen molar-refractivity contribution in [3.05, 3.63) is 375 Å². The largest absolute Gasteiger partial charge is 0.359 e. The van der Waals surface area contributed by atoms with Gasteiger partial charge in [-0.1, -0.05) is 105 Å². The first-order valence-electron chi connectivity index (χ1n) is 42.9. The molecule has 0 unspecified atom stereocenters. The van der Waals surface area contributed by atoms with Crippen LogP contribution in [0.2, 0.25) is 0 Å². The van der Waals surface area contributed by atoms with E-state index in [0.29, 0.717) is 12.1 Å². The SMILES string of the molecule is Cc1c(-c2cccc[n+]2C)cccc1-c1c2ccccc2cc[n+]1C.Cc1c(-c2cccc[n+]2C)cccc1-c1cc2ccccc2c[n+]1C.Cc1c(-c2cccc[n+]2C)cccc1-c1ccc2c(CC(C)C)cccc2[n+]1C.Cc1c(N2C=CN(C)[C@@H]2C)cccc1-n1ccc[n+]1C.Cc1c(N2c3ccccc3N(C)[C@@H]2C)cccc1-n1ccc[n+]1C. The summed E-state index contributed by atoms with van der Waals surface area (Å²) in [5, 5.41) is 6.44.